The third-order valence-electron chi connectivity index (χ3n) is 11.2. The van der Waals surface area contributed by atoms with Crippen LogP contribution in [-0.2, 0) is 22.4 Å². The van der Waals surface area contributed by atoms with Crippen LogP contribution in [0.4, 0.5) is 0 Å². The second-order valence-corrected chi connectivity index (χ2v) is 16.2. The van der Waals surface area contributed by atoms with Gasteiger partial charge in [-0.05, 0) is 133 Å². The largest absolute Gasteiger partial charge is 0.493 e. The molecule has 2 atom stereocenters. The number of hydrogen-bond acceptors (Lipinski definition) is 11. The molecule has 59 heavy (non-hydrogen) atoms. The monoisotopic (exact) mass is 840 g/mol. The Kier molecular flexibility index (Phi) is 14.2. The van der Waals surface area contributed by atoms with E-state index in [-0.39, 0.29) is 35.5 Å². The molecule has 11 nitrogen and oxygen atoms in total. The molecule has 6 rings (SSSR count). The molecule has 0 radical (unpaired) electrons. The van der Waals surface area contributed by atoms with Gasteiger partial charge in [-0.1, -0.05) is 12.1 Å². The number of methoxy groups -OCH3 is 5. The van der Waals surface area contributed by atoms with Crippen LogP contribution in [0.2, 0.25) is 0 Å². The highest BCUT2D eigenvalue weighted by Crippen LogP contribution is 2.50. The lowest BCUT2D eigenvalue weighted by atomic mass is 9.92. The van der Waals surface area contributed by atoms with Crippen molar-refractivity contribution in [1.82, 2.24) is 10.6 Å². The minimum Gasteiger partial charge on any atom is -0.493 e. The third kappa shape index (κ3) is 8.91. The standard InChI is InChI=1S/C46H52N2O9S2/c1-25-42-26(21-36(53-2)44(25)55-4)13-17-32(30-23-34(49)38(58-7)19-15-28(30)42)47-40(51)11-9-10-12-41(52)48-33-18-14-27-22-37(54-3)45(56-5)46(57-6)43(27)29-16-20-39(59-8)35(50)24-31(29)33/h15-16,19-24,32-33H,9-14,17-18H2,1-8H3,(H,47,51)(H,48,52)/t32-,33-/m0/s1. The summed E-state index contributed by atoms with van der Waals surface area (Å²) in [6.07, 6.45) is 7.47. The number of ether oxygens (including phenoxy) is 5. The van der Waals surface area contributed by atoms with Crippen LogP contribution in [0.3, 0.4) is 0 Å². The summed E-state index contributed by atoms with van der Waals surface area (Å²) in [4.78, 5) is 55.1. The van der Waals surface area contributed by atoms with Crippen molar-refractivity contribution < 1.29 is 33.3 Å². The maximum absolute atomic E-state index is 13.6. The molecule has 2 N–H and O–H groups in total. The minimum atomic E-state index is -0.452. The zero-order valence-electron chi connectivity index (χ0n) is 34.9. The number of benzene rings is 2. The average molecular weight is 841 g/mol. The number of hydrogen-bond donors (Lipinski definition) is 2. The molecule has 4 aromatic carbocycles. The topological polar surface area (TPSA) is 138 Å². The van der Waals surface area contributed by atoms with Gasteiger partial charge >= 0.3 is 0 Å². The van der Waals surface area contributed by atoms with Gasteiger partial charge in [0.15, 0.2) is 33.9 Å². The summed E-state index contributed by atoms with van der Waals surface area (Å²) < 4.78 is 28.7. The van der Waals surface area contributed by atoms with Gasteiger partial charge in [-0.25, -0.2) is 0 Å². The zero-order valence-corrected chi connectivity index (χ0v) is 36.6. The highest BCUT2D eigenvalue weighted by molar-refractivity contribution is 7.98. The summed E-state index contributed by atoms with van der Waals surface area (Å²) in [7, 11) is 7.93. The van der Waals surface area contributed by atoms with Crippen LogP contribution in [-0.4, -0.2) is 59.9 Å². The van der Waals surface area contributed by atoms with Crippen LogP contribution in [0.5, 0.6) is 28.7 Å². The van der Waals surface area contributed by atoms with Crippen LogP contribution >= 0.6 is 23.5 Å². The number of carbonyl (C=O) groups excluding carboxylic acids is 2. The molecular weight excluding hydrogens is 789 g/mol. The number of nitrogens with one attached hydrogen (secondary N) is 2. The average Bonchev–Trinajstić information content (AvgIpc) is 3.63. The number of thioether (sulfide) groups is 2. The smallest absolute Gasteiger partial charge is 0.220 e. The Balaban J connectivity index is 1.17. The van der Waals surface area contributed by atoms with Crippen LogP contribution in [0.25, 0.3) is 22.3 Å². The minimum absolute atomic E-state index is 0.103. The summed E-state index contributed by atoms with van der Waals surface area (Å²) in [6, 6.07) is 13.9. The van der Waals surface area contributed by atoms with Crippen molar-refractivity contribution in [2.45, 2.75) is 80.2 Å². The molecule has 13 heteroatoms. The molecule has 0 unspecified atom stereocenters. The molecular formula is C46H52N2O9S2. The van der Waals surface area contributed by atoms with Gasteiger partial charge in [-0.2, -0.15) is 0 Å². The lowest BCUT2D eigenvalue weighted by Gasteiger charge is -2.20. The van der Waals surface area contributed by atoms with Crippen molar-refractivity contribution in [3.8, 4) is 51.0 Å². The van der Waals surface area contributed by atoms with Gasteiger partial charge < -0.3 is 34.3 Å². The summed E-state index contributed by atoms with van der Waals surface area (Å²) in [5, 5.41) is 6.43. The van der Waals surface area contributed by atoms with Crippen LogP contribution in [0, 0.1) is 6.92 Å². The third-order valence-corrected chi connectivity index (χ3v) is 12.8. The van der Waals surface area contributed by atoms with Crippen molar-refractivity contribution >= 4 is 35.3 Å². The molecule has 0 saturated heterocycles. The van der Waals surface area contributed by atoms with Gasteiger partial charge in [0, 0.05) is 24.0 Å². The highest BCUT2D eigenvalue weighted by Gasteiger charge is 2.31. The summed E-state index contributed by atoms with van der Waals surface area (Å²) >= 11 is 2.75. The Labute approximate surface area is 353 Å². The number of aryl methyl sites for hydroxylation is 2. The Morgan fingerprint density at radius 1 is 0.610 bits per heavy atom. The quantitative estimate of drug-likeness (QED) is 0.0944. The fourth-order valence-corrected chi connectivity index (χ4v) is 9.38. The van der Waals surface area contributed by atoms with Crippen LogP contribution in [0.1, 0.15) is 78.4 Å². The Hall–Kier alpha value is -5.14. The summed E-state index contributed by atoms with van der Waals surface area (Å²) in [5.74, 6) is 2.42. The molecule has 0 heterocycles. The number of amides is 2. The van der Waals surface area contributed by atoms with E-state index in [0.29, 0.717) is 82.6 Å². The molecule has 0 spiro atoms. The molecule has 2 aliphatic carbocycles. The molecule has 312 valence electrons. The summed E-state index contributed by atoms with van der Waals surface area (Å²) in [6.45, 7) is 1.99. The molecule has 0 aromatic heterocycles. The van der Waals surface area contributed by atoms with Crippen molar-refractivity contribution in [2.75, 3.05) is 48.1 Å². The van der Waals surface area contributed by atoms with Gasteiger partial charge in [-0.3, -0.25) is 19.2 Å². The van der Waals surface area contributed by atoms with E-state index in [1.165, 1.54) is 23.5 Å². The Morgan fingerprint density at radius 2 is 1.05 bits per heavy atom. The molecule has 0 fully saturated rings. The van der Waals surface area contributed by atoms with Crippen molar-refractivity contribution in [2.24, 2.45) is 0 Å². The Bertz CT molecular complexity index is 2390. The molecule has 0 saturated carbocycles. The van der Waals surface area contributed by atoms with Crippen molar-refractivity contribution in [3.63, 3.8) is 0 Å². The number of carbonyl (C=O) groups is 2. The molecule has 0 aliphatic heterocycles. The fourth-order valence-electron chi connectivity index (χ4n) is 8.45. The second kappa shape index (κ2) is 19.3. The van der Waals surface area contributed by atoms with E-state index in [4.69, 9.17) is 23.7 Å². The van der Waals surface area contributed by atoms with Crippen LogP contribution in [0.15, 0.2) is 67.9 Å². The first kappa shape index (κ1) is 43.4. The van der Waals surface area contributed by atoms with Gasteiger partial charge in [0.2, 0.25) is 17.6 Å². The van der Waals surface area contributed by atoms with Gasteiger partial charge in [0.05, 0.1) is 57.4 Å². The highest BCUT2D eigenvalue weighted by atomic mass is 32.2. The molecule has 2 aliphatic rings. The molecule has 0 bridgehead atoms. The second-order valence-electron chi connectivity index (χ2n) is 14.5. The van der Waals surface area contributed by atoms with E-state index >= 15 is 0 Å². The maximum Gasteiger partial charge on any atom is 0.220 e. The summed E-state index contributed by atoms with van der Waals surface area (Å²) in [5.41, 5.74) is 7.55. The van der Waals surface area contributed by atoms with E-state index < -0.39 is 12.1 Å². The Morgan fingerprint density at radius 3 is 1.49 bits per heavy atom. The lowest BCUT2D eigenvalue weighted by Crippen LogP contribution is -2.30. The van der Waals surface area contributed by atoms with E-state index in [1.54, 1.807) is 47.7 Å². The van der Waals surface area contributed by atoms with E-state index in [1.807, 2.05) is 55.8 Å². The molecule has 2 amide bonds. The van der Waals surface area contributed by atoms with Crippen LogP contribution < -0.4 is 45.2 Å². The normalized spacial score (nSPS) is 15.2. The number of unbranched alkanes of at least 4 members (excludes halogenated alkanes) is 1. The van der Waals surface area contributed by atoms with Crippen molar-refractivity contribution in [3.05, 3.63) is 96.8 Å². The van der Waals surface area contributed by atoms with E-state index in [2.05, 4.69) is 10.6 Å². The van der Waals surface area contributed by atoms with Gasteiger partial charge in [0.1, 0.15) is 0 Å². The van der Waals surface area contributed by atoms with Gasteiger partial charge in [-0.15, -0.1) is 23.5 Å². The SMILES string of the molecule is COc1cc2c(c(C)c1OC)-c1ccc(SC)c(=O)cc1[C@@H](NC(=O)CCCCC(=O)N[C@H]1CCc3cc(OC)c(OC)c(OC)c3-c3ccc(SC)c(=O)cc31)CC2. The number of rotatable bonds is 14. The number of fused-ring (bicyclic) bond motifs is 6. The van der Waals surface area contributed by atoms with Crippen molar-refractivity contribution in [1.29, 1.82) is 0 Å². The van der Waals surface area contributed by atoms with Gasteiger partial charge in [0.25, 0.3) is 0 Å². The van der Waals surface area contributed by atoms with E-state index in [9.17, 15) is 19.2 Å². The lowest BCUT2D eigenvalue weighted by molar-refractivity contribution is -0.123. The fraction of sp³-hybridized carbons (Fsp3) is 0.391. The first-order chi connectivity index (χ1) is 28.5. The predicted molar refractivity (Wildman–Crippen MR) is 234 cm³/mol. The first-order valence-electron chi connectivity index (χ1n) is 19.6. The maximum atomic E-state index is 13.6. The van der Waals surface area contributed by atoms with E-state index in [0.717, 1.165) is 44.5 Å². The zero-order chi connectivity index (χ0) is 42.4. The predicted octanol–water partition coefficient (Wildman–Crippen LogP) is 8.00. The first-order valence-corrected chi connectivity index (χ1v) is 22.1. The molecule has 4 aromatic rings.